The van der Waals surface area contributed by atoms with Crippen LogP contribution < -0.4 is 0 Å². The van der Waals surface area contributed by atoms with Crippen molar-refractivity contribution in [3.63, 3.8) is 0 Å². The fraction of sp³-hybridized carbons (Fsp3) is 1.00. The van der Waals surface area contributed by atoms with Crippen LogP contribution in [0.2, 0.25) is 0 Å². The van der Waals surface area contributed by atoms with Crippen molar-refractivity contribution in [3.05, 3.63) is 0 Å². The Bertz CT molecular complexity index is 74.9. The predicted molar refractivity (Wildman–Crippen MR) is 42.5 cm³/mol. The fourth-order valence-electron chi connectivity index (χ4n) is 0.999. The molecule has 1 aliphatic heterocycles. The summed E-state index contributed by atoms with van der Waals surface area (Å²) in [4.78, 5) is 0. The molecule has 0 amide bonds. The molecule has 0 spiro atoms. The third-order valence-corrected chi connectivity index (χ3v) is 2.47. The zero-order chi connectivity index (χ0) is 5.98. The van der Waals surface area contributed by atoms with Crippen LogP contribution in [0.1, 0.15) is 19.8 Å². The summed E-state index contributed by atoms with van der Waals surface area (Å²) in [7, 11) is 0. The molecule has 1 fully saturated rings. The third kappa shape index (κ3) is 1.58. The molecule has 0 radical (unpaired) electrons. The third-order valence-electron chi connectivity index (χ3n) is 1.49. The van der Waals surface area contributed by atoms with E-state index in [1.807, 2.05) is 0 Å². The van der Waals surface area contributed by atoms with Crippen LogP contribution in [0.15, 0.2) is 0 Å². The average molecular weight is 226 g/mol. The minimum atomic E-state index is 0.523. The van der Waals surface area contributed by atoms with E-state index < -0.39 is 0 Å². The molecule has 0 saturated carbocycles. The zero-order valence-corrected chi connectivity index (χ0v) is 7.22. The van der Waals surface area contributed by atoms with Crippen molar-refractivity contribution >= 4 is 22.6 Å². The highest BCUT2D eigenvalue weighted by Crippen LogP contribution is 2.19. The lowest BCUT2D eigenvalue weighted by molar-refractivity contribution is 0.0716. The molecule has 0 bridgehead atoms. The molecular weight excluding hydrogens is 215 g/mol. The molecule has 8 heavy (non-hydrogen) atoms. The Labute approximate surface area is 63.9 Å². The highest BCUT2D eigenvalue weighted by Gasteiger charge is 2.19. The first-order valence-electron chi connectivity index (χ1n) is 3.04. The summed E-state index contributed by atoms with van der Waals surface area (Å²) in [6.07, 6.45) is 3.61. The molecule has 48 valence electrons. The largest absolute Gasteiger partial charge is 0.374 e. The van der Waals surface area contributed by atoms with E-state index in [2.05, 4.69) is 29.5 Å². The van der Waals surface area contributed by atoms with Gasteiger partial charge in [-0.25, -0.2) is 0 Å². The maximum atomic E-state index is 5.50. The number of hydrogen-bond acceptors (Lipinski definition) is 1. The standard InChI is InChI=1S/C6H11IO/c1-5-2-3-6(4-7)8-5/h5-6H,2-4H2,1H3/t5-,6-/m0/s1. The van der Waals surface area contributed by atoms with Gasteiger partial charge in [0.1, 0.15) is 0 Å². The van der Waals surface area contributed by atoms with Gasteiger partial charge in [0.05, 0.1) is 12.2 Å². The summed E-state index contributed by atoms with van der Waals surface area (Å²) < 4.78 is 6.66. The summed E-state index contributed by atoms with van der Waals surface area (Å²) in [6, 6.07) is 0. The Hall–Kier alpha value is 0.690. The quantitative estimate of drug-likeness (QED) is 0.490. The van der Waals surface area contributed by atoms with Crippen molar-refractivity contribution < 1.29 is 4.74 Å². The first kappa shape index (κ1) is 6.81. The van der Waals surface area contributed by atoms with Crippen molar-refractivity contribution in [1.82, 2.24) is 0 Å². The van der Waals surface area contributed by atoms with Crippen LogP contribution in [0.4, 0.5) is 0 Å². The van der Waals surface area contributed by atoms with Crippen molar-refractivity contribution in [2.45, 2.75) is 32.0 Å². The smallest absolute Gasteiger partial charge is 0.0669 e. The highest BCUT2D eigenvalue weighted by atomic mass is 127. The second-order valence-electron chi connectivity index (χ2n) is 2.30. The number of alkyl halides is 1. The molecule has 2 atom stereocenters. The van der Waals surface area contributed by atoms with Crippen molar-refractivity contribution in [2.24, 2.45) is 0 Å². The van der Waals surface area contributed by atoms with Crippen LogP contribution in [0.5, 0.6) is 0 Å². The Balaban J connectivity index is 2.22. The van der Waals surface area contributed by atoms with Crippen molar-refractivity contribution in [2.75, 3.05) is 4.43 Å². The zero-order valence-electron chi connectivity index (χ0n) is 5.06. The van der Waals surface area contributed by atoms with Crippen LogP contribution in [-0.2, 0) is 4.74 Å². The Morgan fingerprint density at radius 3 is 2.62 bits per heavy atom. The molecule has 0 aromatic heterocycles. The van der Waals surface area contributed by atoms with Gasteiger partial charge in [0.25, 0.3) is 0 Å². The van der Waals surface area contributed by atoms with Gasteiger partial charge in [0.2, 0.25) is 0 Å². The molecule has 0 aliphatic carbocycles. The minimum Gasteiger partial charge on any atom is -0.374 e. The molecule has 1 saturated heterocycles. The van der Waals surface area contributed by atoms with Crippen LogP contribution in [0, 0.1) is 0 Å². The molecule has 0 unspecified atom stereocenters. The van der Waals surface area contributed by atoms with Gasteiger partial charge in [-0.3, -0.25) is 0 Å². The Morgan fingerprint density at radius 1 is 1.62 bits per heavy atom. The number of rotatable bonds is 1. The van der Waals surface area contributed by atoms with Crippen LogP contribution in [-0.4, -0.2) is 16.6 Å². The summed E-state index contributed by atoms with van der Waals surface area (Å²) >= 11 is 2.37. The van der Waals surface area contributed by atoms with Crippen molar-refractivity contribution in [3.8, 4) is 0 Å². The van der Waals surface area contributed by atoms with Crippen LogP contribution >= 0.6 is 22.6 Å². The van der Waals surface area contributed by atoms with E-state index in [4.69, 9.17) is 4.74 Å². The molecule has 1 nitrogen and oxygen atoms in total. The SMILES string of the molecule is C[C@H]1CC[C@@H](CI)O1. The lowest BCUT2D eigenvalue weighted by atomic mass is 10.2. The lowest BCUT2D eigenvalue weighted by Crippen LogP contribution is -2.08. The topological polar surface area (TPSA) is 9.23 Å². The van der Waals surface area contributed by atoms with E-state index in [-0.39, 0.29) is 0 Å². The maximum absolute atomic E-state index is 5.50. The monoisotopic (exact) mass is 226 g/mol. The molecular formula is C6H11IO. The van der Waals surface area contributed by atoms with E-state index >= 15 is 0 Å². The van der Waals surface area contributed by atoms with E-state index in [0.717, 1.165) is 4.43 Å². The lowest BCUT2D eigenvalue weighted by Gasteiger charge is -2.04. The summed E-state index contributed by atoms with van der Waals surface area (Å²) in [5.74, 6) is 0. The van der Waals surface area contributed by atoms with E-state index in [0.29, 0.717) is 12.2 Å². The van der Waals surface area contributed by atoms with E-state index in [1.165, 1.54) is 12.8 Å². The van der Waals surface area contributed by atoms with Gasteiger partial charge in [-0.15, -0.1) is 0 Å². The molecule has 0 N–H and O–H groups in total. The average Bonchev–Trinajstić information content (AvgIpc) is 2.14. The molecule has 2 heteroatoms. The summed E-state index contributed by atoms with van der Waals surface area (Å²) in [5, 5.41) is 0. The van der Waals surface area contributed by atoms with Crippen LogP contribution in [0.25, 0.3) is 0 Å². The number of ether oxygens (including phenoxy) is 1. The second-order valence-corrected chi connectivity index (χ2v) is 3.18. The molecule has 0 aromatic carbocycles. The molecule has 0 aromatic rings. The summed E-state index contributed by atoms with van der Waals surface area (Å²) in [6.45, 7) is 2.15. The first-order valence-corrected chi connectivity index (χ1v) is 4.57. The number of halogens is 1. The molecule has 1 rings (SSSR count). The normalized spacial score (nSPS) is 38.2. The predicted octanol–water partition coefficient (Wildman–Crippen LogP) is 1.99. The van der Waals surface area contributed by atoms with Gasteiger partial charge in [0, 0.05) is 4.43 Å². The minimum absolute atomic E-state index is 0.523. The maximum Gasteiger partial charge on any atom is 0.0669 e. The van der Waals surface area contributed by atoms with Gasteiger partial charge in [-0.05, 0) is 19.8 Å². The Kier molecular flexibility index (Phi) is 2.56. The van der Waals surface area contributed by atoms with E-state index in [9.17, 15) is 0 Å². The second kappa shape index (κ2) is 3.01. The van der Waals surface area contributed by atoms with Crippen molar-refractivity contribution in [1.29, 1.82) is 0 Å². The van der Waals surface area contributed by atoms with E-state index in [1.54, 1.807) is 0 Å². The first-order chi connectivity index (χ1) is 3.83. The Morgan fingerprint density at radius 2 is 2.38 bits per heavy atom. The van der Waals surface area contributed by atoms with Gasteiger partial charge < -0.3 is 4.74 Å². The number of hydrogen-bond donors (Lipinski definition) is 0. The van der Waals surface area contributed by atoms with Gasteiger partial charge >= 0.3 is 0 Å². The van der Waals surface area contributed by atoms with Gasteiger partial charge in [-0.1, -0.05) is 22.6 Å². The van der Waals surface area contributed by atoms with Gasteiger partial charge in [0.15, 0.2) is 0 Å². The van der Waals surface area contributed by atoms with Crippen LogP contribution in [0.3, 0.4) is 0 Å². The molecule has 1 heterocycles. The fourth-order valence-corrected chi connectivity index (χ4v) is 1.65. The highest BCUT2D eigenvalue weighted by molar-refractivity contribution is 14.1. The summed E-state index contributed by atoms with van der Waals surface area (Å²) in [5.41, 5.74) is 0. The van der Waals surface area contributed by atoms with Gasteiger partial charge in [-0.2, -0.15) is 0 Å². The molecule has 1 aliphatic rings.